The standard InChI is InChI=1S/3C38H24N4/c1-2-12-25(13-3-1)37-30-18-7-9-19-32(30)39-38(40-37)42-34-21-11-8-17-29(34)31-22-26-14-4-5-15-27(26)23-35(31)41-33-20-10-6-16-28(33)24-36(41)42;1-2-12-25(13-3-1)37-30-18-7-9-19-32(30)39-38(40-37)42-35-23-27-15-5-4-14-26(27)22-31(35)29-17-8-11-21-34(29)41-33-20-10-6-16-28(33)24-36(41)42;1-2-12-25(13-3-1)37-31-18-6-9-19-32(31)39-38(40-37)42-34-21-11-8-17-30(34)29-16-7-10-20-33(29)41-35-23-27-15-5-4-14-26(27)22-28(35)24-36(41)42/h3*1-24H. The lowest BCUT2D eigenvalue weighted by atomic mass is 9.97. The molecule has 3 aliphatic rings. The fraction of sp³-hybridized carbons (Fsp3) is 0. The van der Waals surface area contributed by atoms with Crippen LogP contribution >= 0.6 is 0 Å². The molecule has 3 aliphatic heterocycles. The van der Waals surface area contributed by atoms with Crippen molar-refractivity contribution in [1.29, 1.82) is 0 Å². The fourth-order valence-corrected chi connectivity index (χ4v) is 19.2. The molecular formula is C114H72N12. The molecule has 12 heteroatoms. The molecule has 0 bridgehead atoms. The molecule has 12 nitrogen and oxygen atoms in total. The molecule has 9 heterocycles. The van der Waals surface area contributed by atoms with Crippen molar-refractivity contribution in [3.8, 4) is 84.2 Å². The third-order valence-electron chi connectivity index (χ3n) is 24.9. The average molecular weight is 1610 g/mol. The summed E-state index contributed by atoms with van der Waals surface area (Å²) in [6.45, 7) is 0. The molecule has 0 saturated heterocycles. The molecule has 18 aromatic carbocycles. The van der Waals surface area contributed by atoms with E-state index in [-0.39, 0.29) is 0 Å². The summed E-state index contributed by atoms with van der Waals surface area (Å²) in [6, 6.07) is 154. The Balaban J connectivity index is 0.000000103. The maximum absolute atomic E-state index is 5.35. The van der Waals surface area contributed by atoms with Crippen molar-refractivity contribution < 1.29 is 0 Å². The van der Waals surface area contributed by atoms with Gasteiger partial charge in [0.1, 0.15) is 17.5 Å². The number of fused-ring (bicyclic) bond motifs is 27. The van der Waals surface area contributed by atoms with Crippen molar-refractivity contribution in [3.63, 3.8) is 0 Å². The van der Waals surface area contributed by atoms with Crippen LogP contribution < -0.4 is 14.7 Å². The first-order valence-electron chi connectivity index (χ1n) is 42.6. The summed E-state index contributed by atoms with van der Waals surface area (Å²) < 4.78 is 7.10. The third-order valence-corrected chi connectivity index (χ3v) is 24.9. The SMILES string of the molecule is c1ccc(-c2nc(N3c4cc5ccccc5cc4-c4ccccc4-n4c3cc3ccccc34)nc3ccccc23)cc1.c1ccc(-c2nc(N3c4ccccc4-c4cc5ccccc5cc4-n4c3cc3ccccc34)nc3ccccc23)cc1.c1ccc(-c2nc(N3c4ccccc4-c4ccccc4-n4c3cc3cc5ccccc5cc34)nc3ccccc23)cc1. The van der Waals surface area contributed by atoms with Crippen LogP contribution in [-0.2, 0) is 0 Å². The van der Waals surface area contributed by atoms with Crippen molar-refractivity contribution in [2.45, 2.75) is 0 Å². The topological polar surface area (TPSA) is 102 Å². The summed E-state index contributed by atoms with van der Waals surface area (Å²) in [6.07, 6.45) is 0. The van der Waals surface area contributed by atoms with Crippen molar-refractivity contribution in [2.24, 2.45) is 0 Å². The highest BCUT2D eigenvalue weighted by atomic mass is 15.4. The minimum atomic E-state index is 0.640. The number of aromatic nitrogens is 9. The van der Waals surface area contributed by atoms with Crippen LogP contribution in [0, 0.1) is 0 Å². The van der Waals surface area contributed by atoms with Gasteiger partial charge in [-0.2, -0.15) is 0 Å². The first-order valence-corrected chi connectivity index (χ1v) is 42.6. The van der Waals surface area contributed by atoms with Gasteiger partial charge >= 0.3 is 0 Å². The lowest BCUT2D eigenvalue weighted by Crippen LogP contribution is -2.16. The van der Waals surface area contributed by atoms with E-state index in [0.717, 1.165) is 151 Å². The van der Waals surface area contributed by atoms with Crippen LogP contribution in [0.25, 0.3) is 182 Å². The largest absolute Gasteiger partial charge is 0.295 e. The molecule has 588 valence electrons. The van der Waals surface area contributed by atoms with Crippen LogP contribution in [0.5, 0.6) is 0 Å². The second kappa shape index (κ2) is 29.3. The molecule has 0 saturated carbocycles. The molecule has 24 aromatic rings. The van der Waals surface area contributed by atoms with Gasteiger partial charge in [-0.15, -0.1) is 0 Å². The quantitative estimate of drug-likeness (QED) is 0.161. The molecule has 0 N–H and O–H groups in total. The minimum absolute atomic E-state index is 0.640. The second-order valence-corrected chi connectivity index (χ2v) is 32.2. The van der Waals surface area contributed by atoms with E-state index in [9.17, 15) is 0 Å². The lowest BCUT2D eigenvalue weighted by Gasteiger charge is -2.25. The first-order chi connectivity index (χ1) is 62.5. The maximum atomic E-state index is 5.35. The average Bonchev–Trinajstić information content (AvgIpc) is 1.57. The Bertz CT molecular complexity index is 8520. The summed E-state index contributed by atoms with van der Waals surface area (Å²) in [5.41, 5.74) is 25.6. The van der Waals surface area contributed by atoms with Crippen LogP contribution in [0.2, 0.25) is 0 Å². The van der Waals surface area contributed by atoms with E-state index < -0.39 is 0 Å². The Kier molecular flexibility index (Phi) is 16.7. The van der Waals surface area contributed by atoms with Crippen LogP contribution in [0.15, 0.2) is 437 Å². The highest BCUT2D eigenvalue weighted by Crippen LogP contribution is 2.54. The van der Waals surface area contributed by atoms with Gasteiger partial charge in [0, 0.05) is 82.4 Å². The van der Waals surface area contributed by atoms with Crippen molar-refractivity contribution in [2.75, 3.05) is 14.7 Å². The zero-order chi connectivity index (χ0) is 82.9. The van der Waals surface area contributed by atoms with Gasteiger partial charge in [-0.3, -0.25) is 28.4 Å². The highest BCUT2D eigenvalue weighted by Gasteiger charge is 2.35. The zero-order valence-corrected chi connectivity index (χ0v) is 67.9. The zero-order valence-electron chi connectivity index (χ0n) is 67.9. The van der Waals surface area contributed by atoms with Crippen molar-refractivity contribution in [1.82, 2.24) is 43.6 Å². The normalized spacial score (nSPS) is 12.2. The lowest BCUT2D eigenvalue weighted by molar-refractivity contribution is 1.04. The van der Waals surface area contributed by atoms with Gasteiger partial charge in [0.15, 0.2) is 0 Å². The van der Waals surface area contributed by atoms with E-state index in [1.165, 1.54) is 65.2 Å². The summed E-state index contributed by atoms with van der Waals surface area (Å²) >= 11 is 0. The van der Waals surface area contributed by atoms with E-state index in [1.54, 1.807) is 0 Å². The monoisotopic (exact) mass is 1610 g/mol. The second-order valence-electron chi connectivity index (χ2n) is 32.2. The van der Waals surface area contributed by atoms with Crippen LogP contribution in [0.4, 0.5) is 52.4 Å². The Labute approximate surface area is 724 Å². The smallest absolute Gasteiger partial charge is 0.236 e. The Morgan fingerprint density at radius 2 is 0.437 bits per heavy atom. The van der Waals surface area contributed by atoms with Gasteiger partial charge in [-0.25, -0.2) is 29.9 Å². The summed E-state index contributed by atoms with van der Waals surface area (Å²) in [5, 5.41) is 13.8. The van der Waals surface area contributed by atoms with E-state index in [2.05, 4.69) is 429 Å². The number of para-hydroxylation sites is 9. The van der Waals surface area contributed by atoms with Gasteiger partial charge in [-0.05, 0) is 142 Å². The van der Waals surface area contributed by atoms with Gasteiger partial charge in [-0.1, -0.05) is 328 Å². The molecule has 6 aromatic heterocycles. The number of nitrogens with zero attached hydrogens (tertiary/aromatic N) is 12. The molecular weight excluding hydrogens is 1540 g/mol. The van der Waals surface area contributed by atoms with Crippen molar-refractivity contribution >= 4 is 150 Å². The number of hydrogen-bond acceptors (Lipinski definition) is 9. The van der Waals surface area contributed by atoms with Gasteiger partial charge in [0.05, 0.1) is 84.3 Å². The number of hydrogen-bond donors (Lipinski definition) is 0. The summed E-state index contributed by atoms with van der Waals surface area (Å²) in [7, 11) is 0. The number of benzene rings is 18. The van der Waals surface area contributed by atoms with Gasteiger partial charge in [0.25, 0.3) is 0 Å². The Morgan fingerprint density at radius 3 is 0.873 bits per heavy atom. The molecule has 126 heavy (non-hydrogen) atoms. The molecule has 0 aliphatic carbocycles. The van der Waals surface area contributed by atoms with E-state index in [4.69, 9.17) is 29.9 Å². The fourth-order valence-electron chi connectivity index (χ4n) is 19.2. The molecule has 0 amide bonds. The van der Waals surface area contributed by atoms with Crippen LogP contribution in [-0.4, -0.2) is 43.6 Å². The number of rotatable bonds is 6. The molecule has 0 atom stereocenters. The summed E-state index contributed by atoms with van der Waals surface area (Å²) in [4.78, 5) is 38.4. The molecule has 0 unspecified atom stereocenters. The maximum Gasteiger partial charge on any atom is 0.236 e. The van der Waals surface area contributed by atoms with Crippen LogP contribution in [0.1, 0.15) is 0 Å². The first kappa shape index (κ1) is 71.7. The van der Waals surface area contributed by atoms with Gasteiger partial charge < -0.3 is 0 Å². The predicted octanol–water partition coefficient (Wildman–Crippen LogP) is 29.5. The van der Waals surface area contributed by atoms with E-state index in [0.29, 0.717) is 17.8 Å². The Morgan fingerprint density at radius 1 is 0.159 bits per heavy atom. The highest BCUT2D eigenvalue weighted by molar-refractivity contribution is 6.09. The van der Waals surface area contributed by atoms with Crippen LogP contribution in [0.3, 0.4) is 0 Å². The predicted molar refractivity (Wildman–Crippen MR) is 519 cm³/mol. The van der Waals surface area contributed by atoms with Crippen molar-refractivity contribution in [3.05, 3.63) is 437 Å². The molecule has 0 fully saturated rings. The minimum Gasteiger partial charge on any atom is -0.295 e. The molecule has 0 spiro atoms. The molecule has 0 radical (unpaired) electrons. The van der Waals surface area contributed by atoms with Gasteiger partial charge in [0.2, 0.25) is 17.8 Å². The molecule has 27 rings (SSSR count). The summed E-state index contributed by atoms with van der Waals surface area (Å²) in [5.74, 6) is 4.94. The Hall–Kier alpha value is -17.2. The third kappa shape index (κ3) is 11.8. The van der Waals surface area contributed by atoms with E-state index >= 15 is 0 Å². The number of anilines is 9. The van der Waals surface area contributed by atoms with E-state index in [1.807, 2.05) is 36.4 Å².